The first-order chi connectivity index (χ1) is 14.5. The predicted octanol–water partition coefficient (Wildman–Crippen LogP) is 3.32. The van der Waals surface area contributed by atoms with Crippen LogP contribution in [-0.2, 0) is 14.8 Å². The van der Waals surface area contributed by atoms with E-state index in [4.69, 9.17) is 4.74 Å². The Morgan fingerprint density at radius 2 is 1.83 bits per heavy atom. The average Bonchev–Trinajstić information content (AvgIpc) is 3.14. The molecule has 2 fully saturated rings. The molecule has 162 valence electrons. The highest BCUT2D eigenvalue weighted by atomic mass is 32.2. The van der Waals surface area contributed by atoms with E-state index in [0.29, 0.717) is 12.5 Å². The van der Waals surface area contributed by atoms with Crippen LogP contribution >= 0.6 is 0 Å². The lowest BCUT2D eigenvalue weighted by Crippen LogP contribution is -2.48. The lowest BCUT2D eigenvalue weighted by molar-refractivity contribution is 0.0157. The van der Waals surface area contributed by atoms with Crippen molar-refractivity contribution in [3.8, 4) is 0 Å². The van der Waals surface area contributed by atoms with Gasteiger partial charge in [-0.25, -0.2) is 13.1 Å². The molecule has 0 radical (unpaired) electrons. The summed E-state index contributed by atoms with van der Waals surface area (Å²) in [4.78, 5) is 6.46. The lowest BCUT2D eigenvalue weighted by Gasteiger charge is -2.33. The third-order valence-electron chi connectivity index (χ3n) is 6.34. The van der Waals surface area contributed by atoms with Gasteiger partial charge < -0.3 is 9.64 Å². The number of anilines is 1. The number of ether oxygens (including phenoxy) is 1. The molecule has 2 heterocycles. The summed E-state index contributed by atoms with van der Waals surface area (Å²) in [7, 11) is -3.28. The molecule has 7 heteroatoms. The van der Waals surface area contributed by atoms with Crippen LogP contribution < -0.4 is 9.62 Å². The summed E-state index contributed by atoms with van der Waals surface area (Å²) in [6.07, 6.45) is 10.2. The van der Waals surface area contributed by atoms with Crippen molar-refractivity contribution in [2.24, 2.45) is 0 Å². The molecule has 4 rings (SSSR count). The van der Waals surface area contributed by atoms with Gasteiger partial charge in [-0.05, 0) is 55.7 Å². The molecule has 30 heavy (non-hydrogen) atoms. The summed E-state index contributed by atoms with van der Waals surface area (Å²) >= 11 is 0. The first-order valence-corrected chi connectivity index (χ1v) is 12.7. The average molecular weight is 430 g/mol. The lowest BCUT2D eigenvalue weighted by atomic mass is 9.83. The van der Waals surface area contributed by atoms with Gasteiger partial charge in [-0.15, -0.1) is 0 Å². The van der Waals surface area contributed by atoms with E-state index in [2.05, 4.69) is 44.9 Å². The third-order valence-corrected chi connectivity index (χ3v) is 7.07. The molecule has 1 aromatic heterocycles. The minimum absolute atomic E-state index is 0.0317. The van der Waals surface area contributed by atoms with Crippen LogP contribution in [0.5, 0.6) is 0 Å². The molecule has 2 aliphatic rings. The second-order valence-electron chi connectivity index (χ2n) is 8.47. The Kier molecular flexibility index (Phi) is 6.71. The number of rotatable bonds is 7. The van der Waals surface area contributed by atoms with Gasteiger partial charge in [0.15, 0.2) is 0 Å². The molecule has 6 nitrogen and oxygen atoms in total. The summed E-state index contributed by atoms with van der Waals surface area (Å²) in [5.74, 6) is 0.615. The van der Waals surface area contributed by atoms with Gasteiger partial charge in [0.1, 0.15) is 0 Å². The molecular formula is C23H31N3O3S. The smallest absolute Gasteiger partial charge is 0.209 e. The standard InChI is InChI=1S/C23H31N3O3S/c1-30(27,28)25-22-13-15-26(20-8-5-14-24-16-20)23(22)17-29-21-11-9-19(10-12-21)18-6-3-2-4-7-18/h2-8,14,16,19,21-23,25H,9-13,15,17H2,1H3/t19?,21?,22-,23-/m0/s1. The zero-order chi connectivity index (χ0) is 21.0. The van der Waals surface area contributed by atoms with E-state index >= 15 is 0 Å². The molecule has 1 aliphatic heterocycles. The van der Waals surface area contributed by atoms with E-state index in [1.807, 2.05) is 18.3 Å². The van der Waals surface area contributed by atoms with Crippen molar-refractivity contribution in [2.75, 3.05) is 24.3 Å². The highest BCUT2D eigenvalue weighted by Crippen LogP contribution is 2.34. The Labute approximate surface area is 179 Å². The van der Waals surface area contributed by atoms with Crippen molar-refractivity contribution < 1.29 is 13.2 Å². The number of nitrogens with one attached hydrogen (secondary N) is 1. The van der Waals surface area contributed by atoms with Crippen LogP contribution in [0.1, 0.15) is 43.6 Å². The molecule has 0 unspecified atom stereocenters. The molecule has 2 atom stereocenters. The minimum atomic E-state index is -3.28. The minimum Gasteiger partial charge on any atom is -0.376 e. The van der Waals surface area contributed by atoms with E-state index in [-0.39, 0.29) is 18.2 Å². The van der Waals surface area contributed by atoms with Gasteiger partial charge in [-0.2, -0.15) is 0 Å². The Morgan fingerprint density at radius 1 is 1.07 bits per heavy atom. The van der Waals surface area contributed by atoms with Crippen LogP contribution in [-0.4, -0.2) is 51.0 Å². The summed E-state index contributed by atoms with van der Waals surface area (Å²) in [5, 5.41) is 0. The van der Waals surface area contributed by atoms with Crippen LogP contribution in [0.3, 0.4) is 0 Å². The van der Waals surface area contributed by atoms with Crippen LogP contribution in [0, 0.1) is 0 Å². The van der Waals surface area contributed by atoms with Crippen LogP contribution in [0.15, 0.2) is 54.9 Å². The zero-order valence-electron chi connectivity index (χ0n) is 17.5. The second kappa shape index (κ2) is 9.45. The van der Waals surface area contributed by atoms with Gasteiger partial charge >= 0.3 is 0 Å². The second-order valence-corrected chi connectivity index (χ2v) is 10.3. The number of benzene rings is 1. The maximum atomic E-state index is 11.9. The Bertz CT molecular complexity index is 900. The van der Waals surface area contributed by atoms with Crippen molar-refractivity contribution >= 4 is 15.7 Å². The van der Waals surface area contributed by atoms with Crippen molar-refractivity contribution in [3.63, 3.8) is 0 Å². The van der Waals surface area contributed by atoms with E-state index in [1.165, 1.54) is 11.8 Å². The van der Waals surface area contributed by atoms with Gasteiger partial charge in [-0.1, -0.05) is 30.3 Å². The SMILES string of the molecule is CS(=O)(=O)N[C@H]1CCN(c2cccnc2)[C@H]1COC1CCC(c2ccccc2)CC1. The molecule has 1 N–H and O–H groups in total. The first-order valence-electron chi connectivity index (χ1n) is 10.8. The van der Waals surface area contributed by atoms with Crippen molar-refractivity contribution in [2.45, 2.75) is 56.2 Å². The number of hydrogen-bond acceptors (Lipinski definition) is 5. The molecule has 2 aromatic rings. The van der Waals surface area contributed by atoms with Crippen molar-refractivity contribution in [3.05, 3.63) is 60.4 Å². The maximum Gasteiger partial charge on any atom is 0.209 e. The van der Waals surface area contributed by atoms with Gasteiger partial charge in [0.25, 0.3) is 0 Å². The van der Waals surface area contributed by atoms with E-state index in [1.54, 1.807) is 6.20 Å². The Hall–Kier alpha value is -1.96. The largest absolute Gasteiger partial charge is 0.376 e. The number of nitrogens with zero attached hydrogens (tertiary/aromatic N) is 2. The monoisotopic (exact) mass is 429 g/mol. The molecule has 1 aliphatic carbocycles. The number of hydrogen-bond donors (Lipinski definition) is 1. The molecular weight excluding hydrogens is 398 g/mol. The number of pyridine rings is 1. The van der Waals surface area contributed by atoms with E-state index in [0.717, 1.165) is 44.3 Å². The Balaban J connectivity index is 1.37. The summed E-state index contributed by atoms with van der Waals surface area (Å²) in [6, 6.07) is 14.5. The normalized spacial score (nSPS) is 27.3. The summed E-state index contributed by atoms with van der Waals surface area (Å²) in [5.41, 5.74) is 2.43. The molecule has 1 saturated heterocycles. The van der Waals surface area contributed by atoms with Crippen LogP contribution in [0.25, 0.3) is 0 Å². The highest BCUT2D eigenvalue weighted by Gasteiger charge is 2.37. The third kappa shape index (κ3) is 5.39. The highest BCUT2D eigenvalue weighted by molar-refractivity contribution is 7.88. The first kappa shape index (κ1) is 21.3. The van der Waals surface area contributed by atoms with Crippen molar-refractivity contribution in [1.82, 2.24) is 9.71 Å². The van der Waals surface area contributed by atoms with Gasteiger partial charge in [0.05, 0.1) is 36.9 Å². The summed E-state index contributed by atoms with van der Waals surface area (Å²) < 4.78 is 32.9. The van der Waals surface area contributed by atoms with Crippen molar-refractivity contribution in [1.29, 1.82) is 0 Å². The fourth-order valence-electron chi connectivity index (χ4n) is 4.84. The topological polar surface area (TPSA) is 71.5 Å². The quantitative estimate of drug-likeness (QED) is 0.731. The van der Waals surface area contributed by atoms with Crippen LogP contribution in [0.4, 0.5) is 5.69 Å². The molecule has 0 amide bonds. The van der Waals surface area contributed by atoms with Crippen LogP contribution in [0.2, 0.25) is 0 Å². The van der Waals surface area contributed by atoms with Gasteiger partial charge in [-0.3, -0.25) is 4.98 Å². The number of aromatic nitrogens is 1. The van der Waals surface area contributed by atoms with E-state index < -0.39 is 10.0 Å². The van der Waals surface area contributed by atoms with Gasteiger partial charge in [0.2, 0.25) is 10.0 Å². The molecule has 1 saturated carbocycles. The fourth-order valence-corrected chi connectivity index (χ4v) is 5.66. The predicted molar refractivity (Wildman–Crippen MR) is 119 cm³/mol. The fraction of sp³-hybridized carbons (Fsp3) is 0.522. The van der Waals surface area contributed by atoms with E-state index in [9.17, 15) is 8.42 Å². The maximum absolute atomic E-state index is 11.9. The molecule has 1 aromatic carbocycles. The molecule has 0 spiro atoms. The van der Waals surface area contributed by atoms with Gasteiger partial charge in [0, 0.05) is 18.8 Å². The summed E-state index contributed by atoms with van der Waals surface area (Å²) in [6.45, 7) is 1.30. The Morgan fingerprint density at radius 3 is 2.50 bits per heavy atom. The number of sulfonamides is 1. The molecule has 0 bridgehead atoms. The zero-order valence-corrected chi connectivity index (χ0v) is 18.3.